The van der Waals surface area contributed by atoms with Crippen LogP contribution < -0.4 is 5.32 Å². The van der Waals surface area contributed by atoms with Crippen molar-refractivity contribution in [3.8, 4) is 0 Å². The van der Waals surface area contributed by atoms with Crippen molar-refractivity contribution in [3.63, 3.8) is 0 Å². The Kier molecular flexibility index (Phi) is 3.24. The van der Waals surface area contributed by atoms with Crippen LogP contribution in [0.1, 0.15) is 30.8 Å². The molecule has 2 rings (SSSR count). The highest BCUT2D eigenvalue weighted by molar-refractivity contribution is 5.91. The normalized spacial score (nSPS) is 20.3. The van der Waals surface area contributed by atoms with Gasteiger partial charge in [-0.1, -0.05) is 13.8 Å². The third-order valence-electron chi connectivity index (χ3n) is 3.54. The molecular formula is C13H20N4O. The van der Waals surface area contributed by atoms with Gasteiger partial charge >= 0.3 is 0 Å². The van der Waals surface area contributed by atoms with Crippen molar-refractivity contribution in [3.05, 3.63) is 17.8 Å². The molecule has 5 nitrogen and oxygen atoms in total. The van der Waals surface area contributed by atoms with E-state index < -0.39 is 0 Å². The summed E-state index contributed by atoms with van der Waals surface area (Å²) in [7, 11) is 3.40. The Hall–Kier alpha value is -1.65. The molecule has 1 aromatic rings. The van der Waals surface area contributed by atoms with Gasteiger partial charge in [0.15, 0.2) is 5.69 Å². The first kappa shape index (κ1) is 12.8. The summed E-state index contributed by atoms with van der Waals surface area (Å²) in [6.07, 6.45) is 1.25. The summed E-state index contributed by atoms with van der Waals surface area (Å²) in [5, 5.41) is 11.2. The van der Waals surface area contributed by atoms with Crippen LogP contribution in [0.15, 0.2) is 12.1 Å². The third-order valence-corrected chi connectivity index (χ3v) is 3.54. The molecule has 1 aliphatic carbocycles. The van der Waals surface area contributed by atoms with Gasteiger partial charge in [0, 0.05) is 20.6 Å². The van der Waals surface area contributed by atoms with Crippen molar-refractivity contribution in [2.24, 2.45) is 11.3 Å². The van der Waals surface area contributed by atoms with Crippen LogP contribution in [-0.2, 0) is 0 Å². The molecule has 1 heterocycles. The lowest BCUT2D eigenvalue weighted by molar-refractivity contribution is 0.0821. The SMILES string of the molecule is CN(C)C(=O)c1ccc(NCC2CC2(C)C)nn1. The van der Waals surface area contributed by atoms with Gasteiger partial charge in [-0.25, -0.2) is 0 Å². The smallest absolute Gasteiger partial charge is 0.273 e. The number of rotatable bonds is 4. The molecule has 0 spiro atoms. The van der Waals surface area contributed by atoms with Crippen molar-refractivity contribution in [2.45, 2.75) is 20.3 Å². The van der Waals surface area contributed by atoms with Gasteiger partial charge in [-0.2, -0.15) is 0 Å². The fourth-order valence-corrected chi connectivity index (χ4v) is 1.92. The van der Waals surface area contributed by atoms with E-state index >= 15 is 0 Å². The van der Waals surface area contributed by atoms with Crippen LogP contribution in [-0.4, -0.2) is 41.6 Å². The Morgan fingerprint density at radius 1 is 1.44 bits per heavy atom. The van der Waals surface area contributed by atoms with Crippen LogP contribution in [0.5, 0.6) is 0 Å². The molecule has 1 aliphatic rings. The molecule has 0 saturated heterocycles. The molecule has 0 aromatic carbocycles. The third kappa shape index (κ3) is 2.78. The number of carbonyl (C=O) groups is 1. The maximum absolute atomic E-state index is 11.6. The maximum Gasteiger partial charge on any atom is 0.273 e. The number of amides is 1. The molecule has 1 aromatic heterocycles. The predicted molar refractivity (Wildman–Crippen MR) is 70.4 cm³/mol. The second kappa shape index (κ2) is 4.55. The molecule has 1 atom stereocenters. The maximum atomic E-state index is 11.6. The predicted octanol–water partition coefficient (Wildman–Crippen LogP) is 1.64. The molecule has 98 valence electrons. The van der Waals surface area contributed by atoms with Crippen LogP contribution in [0, 0.1) is 11.3 Å². The topological polar surface area (TPSA) is 58.1 Å². The van der Waals surface area contributed by atoms with Crippen molar-refractivity contribution in [2.75, 3.05) is 26.0 Å². The van der Waals surface area contributed by atoms with Crippen molar-refractivity contribution in [1.82, 2.24) is 15.1 Å². The molecule has 18 heavy (non-hydrogen) atoms. The fraction of sp³-hybridized carbons (Fsp3) is 0.615. The molecule has 1 amide bonds. The number of nitrogens with one attached hydrogen (secondary N) is 1. The monoisotopic (exact) mass is 248 g/mol. The first-order valence-electron chi connectivity index (χ1n) is 6.19. The molecule has 1 unspecified atom stereocenters. The zero-order valence-electron chi connectivity index (χ0n) is 11.4. The minimum atomic E-state index is -0.127. The number of anilines is 1. The van der Waals surface area contributed by atoms with E-state index in [9.17, 15) is 4.79 Å². The molecule has 0 radical (unpaired) electrons. The van der Waals surface area contributed by atoms with Gasteiger partial charge < -0.3 is 10.2 Å². The van der Waals surface area contributed by atoms with Gasteiger partial charge in [-0.3, -0.25) is 4.79 Å². The summed E-state index contributed by atoms with van der Waals surface area (Å²) in [6.45, 7) is 5.45. The second-order valence-corrected chi connectivity index (χ2v) is 5.77. The summed E-state index contributed by atoms with van der Waals surface area (Å²) in [5.74, 6) is 1.31. The summed E-state index contributed by atoms with van der Waals surface area (Å²) in [5.41, 5.74) is 0.832. The van der Waals surface area contributed by atoms with E-state index in [-0.39, 0.29) is 5.91 Å². The van der Waals surface area contributed by atoms with Gasteiger partial charge in [0.2, 0.25) is 0 Å². The molecule has 1 saturated carbocycles. The minimum absolute atomic E-state index is 0.127. The van der Waals surface area contributed by atoms with Gasteiger partial charge in [0.05, 0.1) is 0 Å². The summed E-state index contributed by atoms with van der Waals surface area (Å²) in [4.78, 5) is 13.1. The van der Waals surface area contributed by atoms with Crippen LogP contribution >= 0.6 is 0 Å². The average Bonchev–Trinajstić information content (AvgIpc) is 2.94. The Labute approximate surface area is 108 Å². The van der Waals surface area contributed by atoms with E-state index in [4.69, 9.17) is 0 Å². The highest BCUT2D eigenvalue weighted by Crippen LogP contribution is 2.51. The number of hydrogen-bond acceptors (Lipinski definition) is 4. The van der Waals surface area contributed by atoms with Gasteiger partial charge in [0.25, 0.3) is 5.91 Å². The highest BCUT2D eigenvalue weighted by Gasteiger charge is 2.44. The molecule has 5 heteroatoms. The first-order chi connectivity index (χ1) is 8.40. The fourth-order valence-electron chi connectivity index (χ4n) is 1.92. The van der Waals surface area contributed by atoms with Crippen LogP contribution in [0.25, 0.3) is 0 Å². The molecule has 1 fully saturated rings. The van der Waals surface area contributed by atoms with Crippen molar-refractivity contribution in [1.29, 1.82) is 0 Å². The average molecular weight is 248 g/mol. The number of carbonyl (C=O) groups excluding carboxylic acids is 1. The lowest BCUT2D eigenvalue weighted by atomic mass is 10.1. The van der Waals surface area contributed by atoms with Crippen LogP contribution in [0.4, 0.5) is 5.82 Å². The Morgan fingerprint density at radius 2 is 2.11 bits per heavy atom. The minimum Gasteiger partial charge on any atom is -0.368 e. The van der Waals surface area contributed by atoms with Crippen molar-refractivity contribution >= 4 is 11.7 Å². The molecule has 1 N–H and O–H groups in total. The number of aromatic nitrogens is 2. The standard InChI is InChI=1S/C13H20N4O/c1-13(2)7-9(13)8-14-11-6-5-10(15-16-11)12(18)17(3)4/h5-6,9H,7-8H2,1-4H3,(H,14,16). The first-order valence-corrected chi connectivity index (χ1v) is 6.19. The summed E-state index contributed by atoms with van der Waals surface area (Å²) < 4.78 is 0. The Bertz CT molecular complexity index is 439. The summed E-state index contributed by atoms with van der Waals surface area (Å²) in [6, 6.07) is 3.51. The summed E-state index contributed by atoms with van der Waals surface area (Å²) >= 11 is 0. The highest BCUT2D eigenvalue weighted by atomic mass is 16.2. The zero-order chi connectivity index (χ0) is 13.3. The van der Waals surface area contributed by atoms with Crippen molar-refractivity contribution < 1.29 is 4.79 Å². The van der Waals surface area contributed by atoms with E-state index in [0.29, 0.717) is 17.0 Å². The van der Waals surface area contributed by atoms with E-state index in [0.717, 1.165) is 12.4 Å². The van der Waals surface area contributed by atoms with Gasteiger partial charge in [0.1, 0.15) is 5.82 Å². The lowest BCUT2D eigenvalue weighted by Gasteiger charge is -2.09. The largest absolute Gasteiger partial charge is 0.368 e. The van der Waals surface area contributed by atoms with E-state index in [2.05, 4.69) is 29.4 Å². The number of nitrogens with zero attached hydrogens (tertiary/aromatic N) is 3. The second-order valence-electron chi connectivity index (χ2n) is 5.77. The Balaban J connectivity index is 1.90. The quantitative estimate of drug-likeness (QED) is 0.880. The molecular weight excluding hydrogens is 228 g/mol. The van der Waals surface area contributed by atoms with E-state index in [1.165, 1.54) is 11.3 Å². The lowest BCUT2D eigenvalue weighted by Crippen LogP contribution is -2.23. The van der Waals surface area contributed by atoms with E-state index in [1.54, 1.807) is 26.2 Å². The molecule has 0 bridgehead atoms. The van der Waals surface area contributed by atoms with Crippen LogP contribution in [0.2, 0.25) is 0 Å². The zero-order valence-corrected chi connectivity index (χ0v) is 11.4. The van der Waals surface area contributed by atoms with Crippen LogP contribution in [0.3, 0.4) is 0 Å². The number of hydrogen-bond donors (Lipinski definition) is 1. The van der Waals surface area contributed by atoms with E-state index in [1.807, 2.05) is 0 Å². The van der Waals surface area contributed by atoms with Gasteiger partial charge in [-0.15, -0.1) is 10.2 Å². The Morgan fingerprint density at radius 3 is 2.56 bits per heavy atom. The van der Waals surface area contributed by atoms with Gasteiger partial charge in [-0.05, 0) is 29.9 Å². The molecule has 0 aliphatic heterocycles.